The number of hydrogen-bond acceptors (Lipinski definition) is 6. The van der Waals surface area contributed by atoms with Crippen molar-refractivity contribution in [2.75, 3.05) is 46.4 Å². The van der Waals surface area contributed by atoms with E-state index in [9.17, 15) is 14.9 Å². The first-order valence-electron chi connectivity index (χ1n) is 7.65. The average Bonchev–Trinajstić information content (AvgIpc) is 2.58. The van der Waals surface area contributed by atoms with Gasteiger partial charge in [-0.25, -0.2) is 0 Å². The molecule has 0 radical (unpaired) electrons. The van der Waals surface area contributed by atoms with Crippen LogP contribution in [0, 0.1) is 10.1 Å². The molecule has 8 nitrogen and oxygen atoms in total. The summed E-state index contributed by atoms with van der Waals surface area (Å²) in [5.41, 5.74) is 0.0561. The second kappa shape index (κ2) is 10.1. The fourth-order valence-corrected chi connectivity index (χ4v) is 2.52. The Kier molecular flexibility index (Phi) is 8.45. The van der Waals surface area contributed by atoms with Gasteiger partial charge in [0.1, 0.15) is 0 Å². The van der Waals surface area contributed by atoms with Gasteiger partial charge in [0.2, 0.25) is 0 Å². The summed E-state index contributed by atoms with van der Waals surface area (Å²) in [6.45, 7) is 5.54. The molecule has 1 aromatic carbocycles. The first-order valence-corrected chi connectivity index (χ1v) is 7.65. The normalized spacial score (nSPS) is 14.5. The molecule has 1 aliphatic rings. The first kappa shape index (κ1) is 20.1. The van der Waals surface area contributed by atoms with Gasteiger partial charge in [-0.05, 0) is 25.1 Å². The standard InChI is InChI=1S/C15H22N4O4.ClH/c1-23-14-4-3-12(11-13(14)19(21)22)15(20)17-5-2-8-18-9-6-16-7-10-18;/h3-4,11,16H,2,5-10H2,1H3,(H,17,20);1H. The number of carbonyl (C=O) groups excluding carboxylic acids is 1. The smallest absolute Gasteiger partial charge is 0.311 e. The number of nitro groups is 1. The number of methoxy groups -OCH3 is 1. The molecule has 1 aliphatic heterocycles. The van der Waals surface area contributed by atoms with Crippen LogP contribution in [0.1, 0.15) is 16.8 Å². The van der Waals surface area contributed by atoms with Crippen molar-refractivity contribution in [2.45, 2.75) is 6.42 Å². The van der Waals surface area contributed by atoms with Crippen LogP contribution in [0.25, 0.3) is 0 Å². The van der Waals surface area contributed by atoms with Gasteiger partial charge in [-0.1, -0.05) is 0 Å². The van der Waals surface area contributed by atoms with Crippen molar-refractivity contribution in [3.8, 4) is 5.75 Å². The molecule has 1 saturated heterocycles. The number of piperazine rings is 1. The molecule has 0 aliphatic carbocycles. The largest absolute Gasteiger partial charge is 0.490 e. The first-order chi connectivity index (χ1) is 11.1. The van der Waals surface area contributed by atoms with E-state index in [4.69, 9.17) is 4.74 Å². The summed E-state index contributed by atoms with van der Waals surface area (Å²) < 4.78 is 4.92. The lowest BCUT2D eigenvalue weighted by Crippen LogP contribution is -2.44. The number of nitrogens with zero attached hydrogens (tertiary/aromatic N) is 2. The molecule has 0 unspecified atom stereocenters. The Bertz CT molecular complexity index is 564. The summed E-state index contributed by atoms with van der Waals surface area (Å²) in [5.74, 6) is -0.165. The van der Waals surface area contributed by atoms with Crippen LogP contribution in [0.15, 0.2) is 18.2 Å². The minimum atomic E-state index is -0.556. The molecule has 0 aromatic heterocycles. The number of nitrogens with one attached hydrogen (secondary N) is 2. The maximum absolute atomic E-state index is 12.1. The van der Waals surface area contributed by atoms with E-state index in [1.807, 2.05) is 0 Å². The maximum atomic E-state index is 12.1. The zero-order valence-electron chi connectivity index (χ0n) is 13.6. The second-order valence-corrected chi connectivity index (χ2v) is 5.34. The fourth-order valence-electron chi connectivity index (χ4n) is 2.52. The number of halogens is 1. The Morgan fingerprint density at radius 1 is 1.42 bits per heavy atom. The Hall–Kier alpha value is -1.90. The van der Waals surface area contributed by atoms with Crippen LogP contribution in [-0.2, 0) is 0 Å². The van der Waals surface area contributed by atoms with Gasteiger partial charge in [-0.3, -0.25) is 14.9 Å². The number of ether oxygens (including phenoxy) is 1. The highest BCUT2D eigenvalue weighted by molar-refractivity contribution is 5.95. The van der Waals surface area contributed by atoms with Crippen molar-refractivity contribution in [3.05, 3.63) is 33.9 Å². The monoisotopic (exact) mass is 358 g/mol. The van der Waals surface area contributed by atoms with Crippen molar-refractivity contribution in [1.29, 1.82) is 0 Å². The van der Waals surface area contributed by atoms with E-state index in [0.29, 0.717) is 6.54 Å². The SMILES string of the molecule is COc1ccc(C(=O)NCCCN2CCNCC2)cc1[N+](=O)[O-].Cl. The lowest BCUT2D eigenvalue weighted by atomic mass is 10.1. The summed E-state index contributed by atoms with van der Waals surface area (Å²) in [6, 6.07) is 4.20. The van der Waals surface area contributed by atoms with Crippen LogP contribution in [0.4, 0.5) is 5.69 Å². The van der Waals surface area contributed by atoms with Gasteiger partial charge < -0.3 is 20.3 Å². The van der Waals surface area contributed by atoms with Gasteiger partial charge in [-0.2, -0.15) is 0 Å². The van der Waals surface area contributed by atoms with Gasteiger partial charge in [0.15, 0.2) is 5.75 Å². The molecule has 24 heavy (non-hydrogen) atoms. The molecular formula is C15H23ClN4O4. The predicted octanol–water partition coefficient (Wildman–Crippen LogP) is 1.05. The maximum Gasteiger partial charge on any atom is 0.311 e. The van der Waals surface area contributed by atoms with Crippen molar-refractivity contribution in [2.24, 2.45) is 0 Å². The summed E-state index contributed by atoms with van der Waals surface area (Å²) in [4.78, 5) is 24.8. The van der Waals surface area contributed by atoms with Crippen molar-refractivity contribution in [1.82, 2.24) is 15.5 Å². The Labute approximate surface area is 147 Å². The lowest BCUT2D eigenvalue weighted by Gasteiger charge is -2.27. The zero-order chi connectivity index (χ0) is 16.7. The molecule has 1 aromatic rings. The molecule has 1 heterocycles. The highest BCUT2D eigenvalue weighted by Crippen LogP contribution is 2.27. The molecule has 0 bridgehead atoms. The van der Waals surface area contributed by atoms with Gasteiger partial charge in [0.25, 0.3) is 5.91 Å². The van der Waals surface area contributed by atoms with Gasteiger partial charge >= 0.3 is 5.69 Å². The molecule has 0 atom stereocenters. The topological polar surface area (TPSA) is 96.7 Å². The van der Waals surface area contributed by atoms with E-state index >= 15 is 0 Å². The van der Waals surface area contributed by atoms with E-state index in [-0.39, 0.29) is 35.3 Å². The molecule has 0 spiro atoms. The van der Waals surface area contributed by atoms with Crippen molar-refractivity contribution >= 4 is 24.0 Å². The Balaban J connectivity index is 0.00000288. The highest BCUT2D eigenvalue weighted by Gasteiger charge is 2.18. The number of carbonyl (C=O) groups is 1. The van der Waals surface area contributed by atoms with Gasteiger partial charge in [-0.15, -0.1) is 12.4 Å². The molecule has 2 rings (SSSR count). The van der Waals surface area contributed by atoms with Gasteiger partial charge in [0.05, 0.1) is 12.0 Å². The van der Waals surface area contributed by atoms with Crippen LogP contribution in [-0.4, -0.2) is 62.1 Å². The average molecular weight is 359 g/mol. The number of amides is 1. The fraction of sp³-hybridized carbons (Fsp3) is 0.533. The van der Waals surface area contributed by atoms with Crippen LogP contribution in [0.3, 0.4) is 0 Å². The van der Waals surface area contributed by atoms with Crippen molar-refractivity contribution in [3.63, 3.8) is 0 Å². The molecular weight excluding hydrogens is 336 g/mol. The zero-order valence-corrected chi connectivity index (χ0v) is 14.4. The second-order valence-electron chi connectivity index (χ2n) is 5.34. The summed E-state index contributed by atoms with van der Waals surface area (Å²) >= 11 is 0. The third-order valence-electron chi connectivity index (χ3n) is 3.78. The van der Waals surface area contributed by atoms with E-state index in [1.165, 1.54) is 25.3 Å². The molecule has 2 N–H and O–H groups in total. The third-order valence-corrected chi connectivity index (χ3v) is 3.78. The van der Waals surface area contributed by atoms with E-state index in [1.54, 1.807) is 0 Å². The Morgan fingerprint density at radius 2 is 2.12 bits per heavy atom. The summed E-state index contributed by atoms with van der Waals surface area (Å²) in [5, 5.41) is 17.1. The van der Waals surface area contributed by atoms with Crippen LogP contribution in [0.5, 0.6) is 5.75 Å². The number of hydrogen-bond donors (Lipinski definition) is 2. The van der Waals surface area contributed by atoms with Crippen LogP contribution >= 0.6 is 12.4 Å². The lowest BCUT2D eigenvalue weighted by molar-refractivity contribution is -0.385. The predicted molar refractivity (Wildman–Crippen MR) is 93.2 cm³/mol. The van der Waals surface area contributed by atoms with Crippen LogP contribution < -0.4 is 15.4 Å². The summed E-state index contributed by atoms with van der Waals surface area (Å²) in [7, 11) is 1.36. The van der Waals surface area contributed by atoms with Crippen molar-refractivity contribution < 1.29 is 14.5 Å². The molecule has 0 saturated carbocycles. The van der Waals surface area contributed by atoms with E-state index in [2.05, 4.69) is 15.5 Å². The number of benzene rings is 1. The molecule has 134 valence electrons. The summed E-state index contributed by atoms with van der Waals surface area (Å²) in [6.07, 6.45) is 0.851. The molecule has 9 heteroatoms. The minimum absolute atomic E-state index is 0. The quantitative estimate of drug-likeness (QED) is 0.429. The number of rotatable bonds is 7. The Morgan fingerprint density at radius 3 is 2.75 bits per heavy atom. The van der Waals surface area contributed by atoms with E-state index < -0.39 is 4.92 Å². The van der Waals surface area contributed by atoms with E-state index in [0.717, 1.165) is 39.1 Å². The molecule has 1 amide bonds. The minimum Gasteiger partial charge on any atom is -0.490 e. The van der Waals surface area contributed by atoms with Gasteiger partial charge in [0, 0.05) is 44.4 Å². The number of nitro benzene ring substituents is 1. The van der Waals surface area contributed by atoms with Crippen LogP contribution in [0.2, 0.25) is 0 Å². The third kappa shape index (κ3) is 5.63. The highest BCUT2D eigenvalue weighted by atomic mass is 35.5. The molecule has 1 fully saturated rings.